The zero-order chi connectivity index (χ0) is 14.5. The van der Waals surface area contributed by atoms with Crippen LogP contribution in [0.15, 0.2) is 36.7 Å². The minimum atomic E-state index is -0.0787. The number of nitrogens with zero attached hydrogens (tertiary/aromatic N) is 1. The first kappa shape index (κ1) is 14.1. The lowest BCUT2D eigenvalue weighted by atomic mass is 10.0. The molecule has 2 aromatic rings. The van der Waals surface area contributed by atoms with Crippen LogP contribution in [-0.4, -0.2) is 18.0 Å². The standard InChI is InChI=1S/C16H18N2O2/c1-11-4-5-12(2)13(8-11)9-16(19)18-14-10-17-7-6-15(14)20-3/h4-8,10H,9H2,1-3H3,(H,18,19). The molecule has 0 unspecified atom stereocenters. The number of ether oxygens (including phenoxy) is 1. The fourth-order valence-corrected chi connectivity index (χ4v) is 2.01. The normalized spacial score (nSPS) is 10.2. The lowest BCUT2D eigenvalue weighted by molar-refractivity contribution is -0.115. The zero-order valence-electron chi connectivity index (χ0n) is 11.9. The maximum atomic E-state index is 12.1. The quantitative estimate of drug-likeness (QED) is 0.929. The second-order valence-corrected chi connectivity index (χ2v) is 4.73. The van der Waals surface area contributed by atoms with E-state index in [0.717, 1.165) is 16.7 Å². The van der Waals surface area contributed by atoms with E-state index >= 15 is 0 Å². The van der Waals surface area contributed by atoms with Crippen LogP contribution in [-0.2, 0) is 11.2 Å². The number of carbonyl (C=O) groups is 1. The number of methoxy groups -OCH3 is 1. The summed E-state index contributed by atoms with van der Waals surface area (Å²) in [6, 6.07) is 7.83. The monoisotopic (exact) mass is 270 g/mol. The molecule has 2 rings (SSSR count). The van der Waals surface area contributed by atoms with E-state index in [1.165, 1.54) is 0 Å². The van der Waals surface area contributed by atoms with Crippen LogP contribution in [0.4, 0.5) is 5.69 Å². The Bertz CT molecular complexity index is 624. The number of aromatic nitrogens is 1. The summed E-state index contributed by atoms with van der Waals surface area (Å²) in [6.45, 7) is 4.03. The van der Waals surface area contributed by atoms with Crippen LogP contribution in [0.1, 0.15) is 16.7 Å². The summed E-state index contributed by atoms with van der Waals surface area (Å²) in [7, 11) is 1.57. The number of nitrogens with one attached hydrogen (secondary N) is 1. The zero-order valence-corrected chi connectivity index (χ0v) is 11.9. The minimum Gasteiger partial charge on any atom is -0.494 e. The Morgan fingerprint density at radius 2 is 2.10 bits per heavy atom. The van der Waals surface area contributed by atoms with E-state index in [4.69, 9.17) is 4.74 Å². The third-order valence-corrected chi connectivity index (χ3v) is 3.13. The van der Waals surface area contributed by atoms with Crippen molar-refractivity contribution < 1.29 is 9.53 Å². The molecule has 1 N–H and O–H groups in total. The fourth-order valence-electron chi connectivity index (χ4n) is 2.01. The Morgan fingerprint density at radius 1 is 1.30 bits per heavy atom. The summed E-state index contributed by atoms with van der Waals surface area (Å²) in [5.74, 6) is 0.527. The van der Waals surface area contributed by atoms with Crippen molar-refractivity contribution in [1.29, 1.82) is 0 Å². The Kier molecular flexibility index (Phi) is 4.35. The van der Waals surface area contributed by atoms with Crippen molar-refractivity contribution in [2.75, 3.05) is 12.4 Å². The first-order valence-electron chi connectivity index (χ1n) is 6.44. The molecular weight excluding hydrogens is 252 g/mol. The van der Waals surface area contributed by atoms with Gasteiger partial charge in [0.25, 0.3) is 0 Å². The van der Waals surface area contributed by atoms with Crippen LogP contribution in [0.3, 0.4) is 0 Å². The summed E-state index contributed by atoms with van der Waals surface area (Å²) in [4.78, 5) is 16.1. The van der Waals surface area contributed by atoms with Gasteiger partial charge >= 0.3 is 0 Å². The molecule has 1 amide bonds. The van der Waals surface area contributed by atoms with Crippen molar-refractivity contribution in [3.63, 3.8) is 0 Å². The van der Waals surface area contributed by atoms with Crippen LogP contribution >= 0.6 is 0 Å². The van der Waals surface area contributed by atoms with Gasteiger partial charge in [0.15, 0.2) is 0 Å². The Hall–Kier alpha value is -2.36. The summed E-state index contributed by atoms with van der Waals surface area (Å²) in [5, 5.41) is 2.83. The molecule has 0 aliphatic rings. The highest BCUT2D eigenvalue weighted by Gasteiger charge is 2.09. The number of pyridine rings is 1. The molecule has 0 atom stereocenters. The van der Waals surface area contributed by atoms with Gasteiger partial charge in [-0.2, -0.15) is 0 Å². The van der Waals surface area contributed by atoms with E-state index in [9.17, 15) is 4.79 Å². The number of aryl methyl sites for hydroxylation is 2. The fraction of sp³-hybridized carbons (Fsp3) is 0.250. The van der Waals surface area contributed by atoms with Crippen LogP contribution in [0.25, 0.3) is 0 Å². The molecule has 104 valence electrons. The molecule has 4 nitrogen and oxygen atoms in total. The predicted octanol–water partition coefficient (Wildman–Crippen LogP) is 2.89. The third kappa shape index (κ3) is 3.35. The molecule has 0 bridgehead atoms. The molecule has 0 saturated carbocycles. The Labute approximate surface area is 118 Å². The number of anilines is 1. The number of hydrogen-bond donors (Lipinski definition) is 1. The number of carbonyl (C=O) groups excluding carboxylic acids is 1. The summed E-state index contributed by atoms with van der Waals surface area (Å²) >= 11 is 0. The highest BCUT2D eigenvalue weighted by atomic mass is 16.5. The lowest BCUT2D eigenvalue weighted by Crippen LogP contribution is -2.15. The maximum absolute atomic E-state index is 12.1. The summed E-state index contributed by atoms with van der Waals surface area (Å²) in [6.07, 6.45) is 3.55. The molecule has 1 heterocycles. The van der Waals surface area contributed by atoms with Gasteiger partial charge in [-0.25, -0.2) is 0 Å². The van der Waals surface area contributed by atoms with Gasteiger partial charge in [0.1, 0.15) is 11.4 Å². The number of amides is 1. The van der Waals surface area contributed by atoms with E-state index in [0.29, 0.717) is 17.9 Å². The van der Waals surface area contributed by atoms with Gasteiger partial charge in [-0.1, -0.05) is 23.8 Å². The van der Waals surface area contributed by atoms with Crippen molar-refractivity contribution in [3.8, 4) is 5.75 Å². The van der Waals surface area contributed by atoms with Crippen molar-refractivity contribution >= 4 is 11.6 Å². The van der Waals surface area contributed by atoms with Crippen molar-refractivity contribution in [3.05, 3.63) is 53.3 Å². The van der Waals surface area contributed by atoms with Gasteiger partial charge in [-0.15, -0.1) is 0 Å². The smallest absolute Gasteiger partial charge is 0.228 e. The SMILES string of the molecule is COc1ccncc1NC(=O)Cc1cc(C)ccc1C. The summed E-state index contributed by atoms with van der Waals surface area (Å²) < 4.78 is 5.18. The average molecular weight is 270 g/mol. The molecule has 1 aromatic carbocycles. The molecule has 0 fully saturated rings. The first-order valence-corrected chi connectivity index (χ1v) is 6.44. The molecule has 0 aliphatic heterocycles. The second kappa shape index (κ2) is 6.19. The first-order chi connectivity index (χ1) is 9.60. The van der Waals surface area contributed by atoms with Gasteiger partial charge in [0.2, 0.25) is 5.91 Å². The molecule has 20 heavy (non-hydrogen) atoms. The molecule has 0 saturated heterocycles. The number of benzene rings is 1. The average Bonchev–Trinajstić information content (AvgIpc) is 2.43. The van der Waals surface area contributed by atoms with Gasteiger partial charge in [-0.05, 0) is 25.0 Å². The summed E-state index contributed by atoms with van der Waals surface area (Å²) in [5.41, 5.74) is 3.89. The number of hydrogen-bond acceptors (Lipinski definition) is 3. The Balaban J connectivity index is 2.11. The maximum Gasteiger partial charge on any atom is 0.228 e. The molecule has 4 heteroatoms. The van der Waals surface area contributed by atoms with Gasteiger partial charge in [-0.3, -0.25) is 9.78 Å². The van der Waals surface area contributed by atoms with E-state index in [1.54, 1.807) is 25.6 Å². The van der Waals surface area contributed by atoms with Gasteiger partial charge < -0.3 is 10.1 Å². The van der Waals surface area contributed by atoms with Crippen LogP contribution < -0.4 is 10.1 Å². The highest BCUT2D eigenvalue weighted by Crippen LogP contribution is 2.22. The topological polar surface area (TPSA) is 51.2 Å². The number of rotatable bonds is 4. The predicted molar refractivity (Wildman–Crippen MR) is 79.0 cm³/mol. The van der Waals surface area contributed by atoms with Crippen LogP contribution in [0.2, 0.25) is 0 Å². The molecule has 1 aromatic heterocycles. The molecular formula is C16H18N2O2. The van der Waals surface area contributed by atoms with E-state index in [-0.39, 0.29) is 5.91 Å². The van der Waals surface area contributed by atoms with Crippen molar-refractivity contribution in [2.24, 2.45) is 0 Å². The molecule has 0 radical (unpaired) electrons. The lowest BCUT2D eigenvalue weighted by Gasteiger charge is -2.10. The third-order valence-electron chi connectivity index (χ3n) is 3.13. The molecule has 0 aliphatic carbocycles. The van der Waals surface area contributed by atoms with Crippen molar-refractivity contribution in [2.45, 2.75) is 20.3 Å². The van der Waals surface area contributed by atoms with Crippen molar-refractivity contribution in [1.82, 2.24) is 4.98 Å². The van der Waals surface area contributed by atoms with E-state index < -0.39 is 0 Å². The van der Waals surface area contributed by atoms with Crippen LogP contribution in [0, 0.1) is 13.8 Å². The van der Waals surface area contributed by atoms with E-state index in [1.807, 2.05) is 32.0 Å². The molecule has 0 spiro atoms. The largest absolute Gasteiger partial charge is 0.494 e. The van der Waals surface area contributed by atoms with Gasteiger partial charge in [0.05, 0.1) is 19.7 Å². The minimum absolute atomic E-state index is 0.0787. The van der Waals surface area contributed by atoms with Crippen LogP contribution in [0.5, 0.6) is 5.75 Å². The van der Waals surface area contributed by atoms with Gasteiger partial charge in [0, 0.05) is 12.3 Å². The van der Waals surface area contributed by atoms with E-state index in [2.05, 4.69) is 10.3 Å². The second-order valence-electron chi connectivity index (χ2n) is 4.73. The Morgan fingerprint density at radius 3 is 2.85 bits per heavy atom. The highest BCUT2D eigenvalue weighted by molar-refractivity contribution is 5.93.